The summed E-state index contributed by atoms with van der Waals surface area (Å²) in [6.07, 6.45) is 7.26. The lowest BCUT2D eigenvalue weighted by atomic mass is 9.88. The number of rotatable bonds is 9. The zero-order valence-corrected chi connectivity index (χ0v) is 12.9. The number of amides is 1. The minimum absolute atomic E-state index is 0.146. The molecular weight excluding hydrogens is 268 g/mol. The van der Waals surface area contributed by atoms with Crippen molar-refractivity contribution < 1.29 is 14.7 Å². The molecule has 2 bridgehead atoms. The Morgan fingerprint density at radius 3 is 2.67 bits per heavy atom. The maximum Gasteiger partial charge on any atom is 0.303 e. The fourth-order valence-electron chi connectivity index (χ4n) is 3.81. The molecule has 2 aliphatic rings. The highest BCUT2D eigenvalue weighted by Crippen LogP contribution is 2.33. The Hall–Kier alpha value is -1.10. The van der Waals surface area contributed by atoms with Crippen LogP contribution in [0, 0.1) is 11.8 Å². The van der Waals surface area contributed by atoms with E-state index < -0.39 is 5.97 Å². The van der Waals surface area contributed by atoms with Gasteiger partial charge in [-0.25, -0.2) is 0 Å². The minimum atomic E-state index is -0.729. The number of carbonyl (C=O) groups is 2. The van der Waals surface area contributed by atoms with Gasteiger partial charge in [0.1, 0.15) is 0 Å². The molecule has 5 heteroatoms. The van der Waals surface area contributed by atoms with Crippen LogP contribution in [0.15, 0.2) is 0 Å². The summed E-state index contributed by atoms with van der Waals surface area (Å²) in [5.41, 5.74) is 0. The second-order valence-electron chi connectivity index (χ2n) is 6.56. The standard InChI is InChI=1S/C16H28N2O3/c1-2-3-11(4-7-15(19)20)8-9-17-16(21)13-10-12-5-6-14(13)18-12/h11-14,18H,2-10H2,1H3,(H,17,21)(H,19,20). The van der Waals surface area contributed by atoms with E-state index in [-0.39, 0.29) is 18.2 Å². The predicted octanol–water partition coefficient (Wildman–Crippen LogP) is 1.91. The summed E-state index contributed by atoms with van der Waals surface area (Å²) in [5.74, 6) is 0.00771. The molecule has 1 amide bonds. The number of carboxylic acid groups (broad SMARTS) is 1. The normalized spacial score (nSPS) is 28.5. The molecule has 2 heterocycles. The van der Waals surface area contributed by atoms with Crippen molar-refractivity contribution in [3.05, 3.63) is 0 Å². The van der Waals surface area contributed by atoms with Crippen LogP contribution < -0.4 is 10.6 Å². The highest BCUT2D eigenvalue weighted by molar-refractivity contribution is 5.80. The Balaban J connectivity index is 1.66. The van der Waals surface area contributed by atoms with Gasteiger partial charge in [0.25, 0.3) is 0 Å². The molecular formula is C16H28N2O3. The quantitative estimate of drug-likeness (QED) is 0.607. The molecule has 4 unspecified atom stereocenters. The lowest BCUT2D eigenvalue weighted by molar-refractivity contribution is -0.137. The molecule has 2 aliphatic heterocycles. The molecule has 0 aliphatic carbocycles. The molecule has 0 aromatic rings. The van der Waals surface area contributed by atoms with Crippen LogP contribution in [-0.4, -0.2) is 35.6 Å². The first-order chi connectivity index (χ1) is 10.1. The number of hydrogen-bond acceptors (Lipinski definition) is 3. The van der Waals surface area contributed by atoms with Gasteiger partial charge in [-0.1, -0.05) is 19.8 Å². The number of hydrogen-bond donors (Lipinski definition) is 3. The second-order valence-corrected chi connectivity index (χ2v) is 6.56. The molecule has 5 nitrogen and oxygen atoms in total. The van der Waals surface area contributed by atoms with Crippen LogP contribution in [0.4, 0.5) is 0 Å². The highest BCUT2D eigenvalue weighted by atomic mass is 16.4. The summed E-state index contributed by atoms with van der Waals surface area (Å²) in [6, 6.07) is 0.933. The molecule has 2 fully saturated rings. The van der Waals surface area contributed by atoms with Crippen molar-refractivity contribution in [3.8, 4) is 0 Å². The molecule has 0 aromatic heterocycles. The fraction of sp³-hybridized carbons (Fsp3) is 0.875. The monoisotopic (exact) mass is 296 g/mol. The SMILES string of the molecule is CCCC(CCNC(=O)C1CC2CCC1N2)CCC(=O)O. The van der Waals surface area contributed by atoms with E-state index in [4.69, 9.17) is 5.11 Å². The van der Waals surface area contributed by atoms with Crippen molar-refractivity contribution in [2.45, 2.75) is 70.4 Å². The largest absolute Gasteiger partial charge is 0.481 e. The van der Waals surface area contributed by atoms with E-state index in [2.05, 4.69) is 17.6 Å². The van der Waals surface area contributed by atoms with Gasteiger partial charge < -0.3 is 15.7 Å². The second kappa shape index (κ2) is 7.78. The third kappa shape index (κ3) is 4.70. The molecule has 0 spiro atoms. The molecule has 21 heavy (non-hydrogen) atoms. The van der Waals surface area contributed by atoms with Crippen LogP contribution in [0.1, 0.15) is 58.3 Å². The lowest BCUT2D eigenvalue weighted by Crippen LogP contribution is -2.38. The van der Waals surface area contributed by atoms with Crippen molar-refractivity contribution in [2.24, 2.45) is 11.8 Å². The molecule has 2 saturated heterocycles. The molecule has 2 rings (SSSR count). The number of nitrogens with one attached hydrogen (secondary N) is 2. The first-order valence-electron chi connectivity index (χ1n) is 8.35. The average molecular weight is 296 g/mol. The summed E-state index contributed by atoms with van der Waals surface area (Å²) >= 11 is 0. The first-order valence-corrected chi connectivity index (χ1v) is 8.35. The van der Waals surface area contributed by atoms with Crippen LogP contribution in [0.5, 0.6) is 0 Å². The number of carbonyl (C=O) groups excluding carboxylic acids is 1. The Bertz CT molecular complexity index is 373. The summed E-state index contributed by atoms with van der Waals surface area (Å²) in [6.45, 7) is 2.80. The van der Waals surface area contributed by atoms with Crippen LogP contribution in [0.3, 0.4) is 0 Å². The van der Waals surface area contributed by atoms with Crippen molar-refractivity contribution >= 4 is 11.9 Å². The summed E-state index contributed by atoms with van der Waals surface area (Å²) in [7, 11) is 0. The van der Waals surface area contributed by atoms with Gasteiger partial charge in [-0.2, -0.15) is 0 Å². The number of carboxylic acids is 1. The number of fused-ring (bicyclic) bond motifs is 2. The van der Waals surface area contributed by atoms with Gasteiger partial charge in [0.05, 0.1) is 5.92 Å². The van der Waals surface area contributed by atoms with Crippen molar-refractivity contribution in [1.82, 2.24) is 10.6 Å². The van der Waals surface area contributed by atoms with Gasteiger partial charge in [-0.15, -0.1) is 0 Å². The third-order valence-corrected chi connectivity index (χ3v) is 4.95. The van der Waals surface area contributed by atoms with Gasteiger partial charge in [-0.05, 0) is 38.0 Å². The Labute approximate surface area is 126 Å². The van der Waals surface area contributed by atoms with Gasteiger partial charge in [-0.3, -0.25) is 9.59 Å². The molecule has 0 radical (unpaired) electrons. The predicted molar refractivity (Wildman–Crippen MR) is 80.9 cm³/mol. The van der Waals surface area contributed by atoms with Gasteiger partial charge in [0, 0.05) is 25.0 Å². The van der Waals surface area contributed by atoms with Gasteiger partial charge in [0.15, 0.2) is 0 Å². The van der Waals surface area contributed by atoms with E-state index in [9.17, 15) is 9.59 Å². The van der Waals surface area contributed by atoms with Gasteiger partial charge in [0.2, 0.25) is 5.91 Å². The van der Waals surface area contributed by atoms with Crippen molar-refractivity contribution in [2.75, 3.05) is 6.54 Å². The highest BCUT2D eigenvalue weighted by Gasteiger charge is 2.42. The molecule has 4 atom stereocenters. The zero-order valence-electron chi connectivity index (χ0n) is 12.9. The summed E-state index contributed by atoms with van der Waals surface area (Å²) in [5, 5.41) is 15.3. The third-order valence-electron chi connectivity index (χ3n) is 4.95. The summed E-state index contributed by atoms with van der Waals surface area (Å²) in [4.78, 5) is 22.9. The fourth-order valence-corrected chi connectivity index (χ4v) is 3.81. The molecule has 3 N–H and O–H groups in total. The topological polar surface area (TPSA) is 78.4 Å². The van der Waals surface area contributed by atoms with E-state index in [1.807, 2.05) is 0 Å². The average Bonchev–Trinajstić information content (AvgIpc) is 3.07. The lowest BCUT2D eigenvalue weighted by Gasteiger charge is -2.20. The molecule has 0 aromatic carbocycles. The smallest absolute Gasteiger partial charge is 0.303 e. The zero-order chi connectivity index (χ0) is 15.2. The first kappa shape index (κ1) is 16.3. The van der Waals surface area contributed by atoms with E-state index in [1.54, 1.807) is 0 Å². The van der Waals surface area contributed by atoms with Crippen LogP contribution >= 0.6 is 0 Å². The maximum atomic E-state index is 12.2. The van der Waals surface area contributed by atoms with Crippen molar-refractivity contribution in [3.63, 3.8) is 0 Å². The maximum absolute atomic E-state index is 12.2. The van der Waals surface area contributed by atoms with E-state index in [1.165, 1.54) is 6.42 Å². The Morgan fingerprint density at radius 2 is 2.10 bits per heavy atom. The van der Waals surface area contributed by atoms with E-state index in [0.29, 0.717) is 31.0 Å². The summed E-state index contributed by atoms with van der Waals surface area (Å²) < 4.78 is 0. The Morgan fingerprint density at radius 1 is 1.29 bits per heavy atom. The van der Waals surface area contributed by atoms with Crippen LogP contribution in [0.25, 0.3) is 0 Å². The van der Waals surface area contributed by atoms with Gasteiger partial charge >= 0.3 is 5.97 Å². The number of aliphatic carboxylic acids is 1. The van der Waals surface area contributed by atoms with Crippen LogP contribution in [-0.2, 0) is 9.59 Å². The molecule has 0 saturated carbocycles. The van der Waals surface area contributed by atoms with Crippen LogP contribution in [0.2, 0.25) is 0 Å². The van der Waals surface area contributed by atoms with E-state index in [0.717, 1.165) is 32.1 Å². The minimum Gasteiger partial charge on any atom is -0.481 e. The van der Waals surface area contributed by atoms with Crippen molar-refractivity contribution in [1.29, 1.82) is 0 Å². The molecule has 120 valence electrons. The Kier molecular flexibility index (Phi) is 6.03. The van der Waals surface area contributed by atoms with E-state index >= 15 is 0 Å².